The van der Waals surface area contributed by atoms with Crippen molar-refractivity contribution in [1.29, 1.82) is 5.26 Å². The third-order valence-electron chi connectivity index (χ3n) is 6.39. The molecule has 0 aliphatic carbocycles. The number of hydrogen-bond donors (Lipinski definition) is 2. The van der Waals surface area contributed by atoms with Crippen molar-refractivity contribution < 1.29 is 13.2 Å². The number of aromatic nitrogens is 3. The summed E-state index contributed by atoms with van der Waals surface area (Å²) in [7, 11) is -3.57. The van der Waals surface area contributed by atoms with Gasteiger partial charge in [-0.3, -0.25) is 9.48 Å². The van der Waals surface area contributed by atoms with Crippen molar-refractivity contribution in [1.82, 2.24) is 19.1 Å². The first-order valence-electron chi connectivity index (χ1n) is 11.1. The van der Waals surface area contributed by atoms with Crippen molar-refractivity contribution in [3.63, 3.8) is 0 Å². The lowest BCUT2D eigenvalue weighted by Gasteiger charge is -2.29. The summed E-state index contributed by atoms with van der Waals surface area (Å²) in [6.45, 7) is 6.72. The first kappa shape index (κ1) is 22.6. The molecule has 0 saturated carbocycles. The number of rotatable bonds is 3. The van der Waals surface area contributed by atoms with E-state index in [2.05, 4.69) is 21.5 Å². The van der Waals surface area contributed by atoms with Gasteiger partial charge in [0.2, 0.25) is 10.0 Å². The average Bonchev–Trinajstić information content (AvgIpc) is 3.29. The Kier molecular flexibility index (Phi) is 5.27. The zero-order chi connectivity index (χ0) is 24.3. The highest BCUT2D eigenvalue weighted by molar-refractivity contribution is 7.89. The van der Waals surface area contributed by atoms with Crippen LogP contribution in [-0.4, -0.2) is 46.2 Å². The predicted molar refractivity (Wildman–Crippen MR) is 126 cm³/mol. The van der Waals surface area contributed by atoms with Gasteiger partial charge in [-0.2, -0.15) is 14.7 Å². The number of pyridine rings is 1. The topological polar surface area (TPSA) is 133 Å². The SMILES string of the molecule is CC(C)(C)N1Cc2cc(Nc3nn([C@H]4COCCC4C#N)c4cc[nH]c(=O)c34)ccc2S1(=O)=O. The number of fused-ring (bicyclic) bond motifs is 2. The van der Waals surface area contributed by atoms with E-state index in [1.54, 1.807) is 35.1 Å². The number of H-pyrrole nitrogens is 1. The van der Waals surface area contributed by atoms with Crippen LogP contribution >= 0.6 is 0 Å². The van der Waals surface area contributed by atoms with Crippen LogP contribution in [0, 0.1) is 17.2 Å². The molecule has 3 aromatic rings. The van der Waals surface area contributed by atoms with E-state index in [1.165, 1.54) is 4.31 Å². The molecule has 4 heterocycles. The lowest BCUT2D eigenvalue weighted by molar-refractivity contribution is 0.0359. The van der Waals surface area contributed by atoms with E-state index < -0.39 is 15.6 Å². The van der Waals surface area contributed by atoms with Crippen molar-refractivity contribution >= 4 is 32.4 Å². The first-order chi connectivity index (χ1) is 16.1. The largest absolute Gasteiger partial charge is 0.379 e. The quantitative estimate of drug-likeness (QED) is 0.586. The van der Waals surface area contributed by atoms with Gasteiger partial charge in [0.05, 0.1) is 35.0 Å². The van der Waals surface area contributed by atoms with E-state index in [-0.39, 0.29) is 29.0 Å². The summed E-state index contributed by atoms with van der Waals surface area (Å²) in [5.41, 5.74) is 1.05. The van der Waals surface area contributed by atoms with Crippen molar-refractivity contribution in [2.24, 2.45) is 5.92 Å². The number of nitriles is 1. The van der Waals surface area contributed by atoms with E-state index >= 15 is 0 Å². The molecule has 1 unspecified atom stereocenters. The Morgan fingerprint density at radius 3 is 2.82 bits per heavy atom. The molecule has 0 radical (unpaired) electrons. The summed E-state index contributed by atoms with van der Waals surface area (Å²) >= 11 is 0. The molecule has 2 aromatic heterocycles. The van der Waals surface area contributed by atoms with Gasteiger partial charge in [0.15, 0.2) is 5.82 Å². The van der Waals surface area contributed by atoms with Gasteiger partial charge in [0.1, 0.15) is 5.39 Å². The molecule has 5 rings (SSSR count). The summed E-state index contributed by atoms with van der Waals surface area (Å²) < 4.78 is 34.7. The molecular weight excluding hydrogens is 456 g/mol. The van der Waals surface area contributed by atoms with Crippen molar-refractivity contribution in [3.8, 4) is 6.07 Å². The van der Waals surface area contributed by atoms with Crippen LogP contribution in [0.4, 0.5) is 11.5 Å². The molecule has 178 valence electrons. The number of nitrogens with one attached hydrogen (secondary N) is 2. The molecule has 0 spiro atoms. The number of hydrogen-bond acceptors (Lipinski definition) is 7. The number of anilines is 2. The second-order valence-corrected chi connectivity index (χ2v) is 11.5. The van der Waals surface area contributed by atoms with Gasteiger partial charge in [-0.1, -0.05) is 0 Å². The van der Waals surface area contributed by atoms with Gasteiger partial charge in [0.25, 0.3) is 5.56 Å². The molecular formula is C23H26N6O4S. The molecule has 11 heteroatoms. The van der Waals surface area contributed by atoms with Crippen molar-refractivity contribution in [2.45, 2.75) is 50.2 Å². The van der Waals surface area contributed by atoms with Crippen LogP contribution < -0.4 is 10.9 Å². The Bertz CT molecular complexity index is 1480. The number of benzene rings is 1. The molecule has 0 bridgehead atoms. The molecule has 1 saturated heterocycles. The third-order valence-corrected chi connectivity index (χ3v) is 8.60. The van der Waals surface area contributed by atoms with Crippen LogP contribution in [0.2, 0.25) is 0 Å². The van der Waals surface area contributed by atoms with Crippen LogP contribution in [0.5, 0.6) is 0 Å². The zero-order valence-corrected chi connectivity index (χ0v) is 20.0. The van der Waals surface area contributed by atoms with E-state index in [0.29, 0.717) is 47.6 Å². The first-order valence-corrected chi connectivity index (χ1v) is 12.6. The normalized spacial score (nSPS) is 22.4. The Labute approximate surface area is 197 Å². The van der Waals surface area contributed by atoms with Gasteiger partial charge in [-0.25, -0.2) is 8.42 Å². The molecule has 10 nitrogen and oxygen atoms in total. The Hall–Kier alpha value is -3.20. The van der Waals surface area contributed by atoms with Gasteiger partial charge in [-0.15, -0.1) is 0 Å². The van der Waals surface area contributed by atoms with Crippen molar-refractivity contribution in [2.75, 3.05) is 18.5 Å². The zero-order valence-electron chi connectivity index (χ0n) is 19.2. The van der Waals surface area contributed by atoms with E-state index in [9.17, 15) is 18.5 Å². The number of ether oxygens (including phenoxy) is 1. The number of sulfonamides is 1. The van der Waals surface area contributed by atoms with Gasteiger partial charge < -0.3 is 15.0 Å². The van der Waals surface area contributed by atoms with Crippen LogP contribution in [-0.2, 0) is 21.3 Å². The minimum absolute atomic E-state index is 0.274. The van der Waals surface area contributed by atoms with Gasteiger partial charge >= 0.3 is 0 Å². The standard InChI is InChI=1S/C23H26N6O4S/c1-23(2,3)28-12-15-10-16(4-5-19(15)34(28,31)32)26-21-20-17(6-8-25-22(20)30)29(27-21)18-13-33-9-7-14(18)11-24/h4-6,8,10,14,18H,7,9,12-13H2,1-3H3,(H,25,30)(H,26,27)/t14?,18-/m0/s1. The highest BCUT2D eigenvalue weighted by Gasteiger charge is 2.41. The fourth-order valence-corrected chi connectivity index (χ4v) is 6.64. The molecule has 2 aliphatic rings. The molecule has 2 N–H and O–H groups in total. The number of aromatic amines is 1. The van der Waals surface area contributed by atoms with Crippen molar-refractivity contribution in [3.05, 3.63) is 46.4 Å². The number of nitrogens with zero attached hydrogens (tertiary/aromatic N) is 4. The van der Waals surface area contributed by atoms with Crippen LogP contribution in [0.1, 0.15) is 38.8 Å². The van der Waals surface area contributed by atoms with Crippen LogP contribution in [0.3, 0.4) is 0 Å². The lowest BCUT2D eigenvalue weighted by atomic mass is 9.96. The average molecular weight is 483 g/mol. The lowest BCUT2D eigenvalue weighted by Crippen LogP contribution is -2.41. The summed E-state index contributed by atoms with van der Waals surface area (Å²) in [6.07, 6.45) is 2.15. The summed E-state index contributed by atoms with van der Waals surface area (Å²) in [6, 6.07) is 8.82. The molecule has 2 aliphatic heterocycles. The second-order valence-electron chi connectivity index (χ2n) is 9.66. The van der Waals surface area contributed by atoms with Crippen LogP contribution in [0.25, 0.3) is 10.9 Å². The van der Waals surface area contributed by atoms with Gasteiger partial charge in [0, 0.05) is 30.6 Å². The monoisotopic (exact) mass is 482 g/mol. The fourth-order valence-electron chi connectivity index (χ4n) is 4.68. The fraction of sp³-hybridized carbons (Fsp3) is 0.435. The highest BCUT2D eigenvalue weighted by atomic mass is 32.2. The molecule has 1 fully saturated rings. The third kappa shape index (κ3) is 3.58. The van der Waals surface area contributed by atoms with E-state index in [1.807, 2.05) is 20.8 Å². The second kappa shape index (κ2) is 7.94. The summed E-state index contributed by atoms with van der Waals surface area (Å²) in [5, 5.41) is 17.9. The van der Waals surface area contributed by atoms with E-state index in [0.717, 1.165) is 0 Å². The summed E-state index contributed by atoms with van der Waals surface area (Å²) in [4.78, 5) is 15.7. The van der Waals surface area contributed by atoms with Gasteiger partial charge in [-0.05, 0) is 57.0 Å². The smallest absolute Gasteiger partial charge is 0.261 e. The summed E-state index contributed by atoms with van der Waals surface area (Å²) in [5.74, 6) is 0.0603. The maximum atomic E-state index is 13.0. The maximum absolute atomic E-state index is 13.0. The minimum Gasteiger partial charge on any atom is -0.379 e. The Morgan fingerprint density at radius 1 is 1.29 bits per heavy atom. The maximum Gasteiger partial charge on any atom is 0.261 e. The molecule has 2 atom stereocenters. The molecule has 34 heavy (non-hydrogen) atoms. The Morgan fingerprint density at radius 2 is 2.09 bits per heavy atom. The molecule has 0 amide bonds. The molecule has 1 aromatic carbocycles. The minimum atomic E-state index is -3.57. The van der Waals surface area contributed by atoms with Crippen LogP contribution in [0.15, 0.2) is 40.2 Å². The predicted octanol–water partition coefficient (Wildman–Crippen LogP) is 2.87. The highest BCUT2D eigenvalue weighted by Crippen LogP contribution is 2.38. The Balaban J connectivity index is 1.55. The van der Waals surface area contributed by atoms with E-state index in [4.69, 9.17) is 4.74 Å².